The van der Waals surface area contributed by atoms with Crippen LogP contribution in [0.1, 0.15) is 18.4 Å². The van der Waals surface area contributed by atoms with Crippen molar-refractivity contribution in [2.45, 2.75) is 30.7 Å². The van der Waals surface area contributed by atoms with Crippen molar-refractivity contribution >= 4 is 38.7 Å². The molecule has 0 aromatic heterocycles. The lowest BCUT2D eigenvalue weighted by Crippen LogP contribution is -2.30. The maximum absolute atomic E-state index is 12.3. The predicted molar refractivity (Wildman–Crippen MR) is 101 cm³/mol. The Kier molecular flexibility index (Phi) is 4.73. The minimum Gasteiger partial charge on any atom is -0.360 e. The zero-order valence-electron chi connectivity index (χ0n) is 13.2. The highest BCUT2D eigenvalue weighted by atomic mass is 32.2. The van der Waals surface area contributed by atoms with Gasteiger partial charge in [-0.25, -0.2) is 8.42 Å². The summed E-state index contributed by atoms with van der Waals surface area (Å²) in [6.07, 6.45) is 2.31. The van der Waals surface area contributed by atoms with E-state index in [1.54, 1.807) is 48.5 Å². The molecule has 0 amide bonds. The van der Waals surface area contributed by atoms with Gasteiger partial charge in [0, 0.05) is 17.4 Å². The lowest BCUT2D eigenvalue weighted by atomic mass is 10.2. The van der Waals surface area contributed by atoms with E-state index in [1.165, 1.54) is 0 Å². The first-order valence-corrected chi connectivity index (χ1v) is 9.59. The summed E-state index contributed by atoms with van der Waals surface area (Å²) in [4.78, 5) is 0.241. The van der Waals surface area contributed by atoms with Gasteiger partial charge in [0.2, 0.25) is 0 Å². The molecule has 3 N–H and O–H groups in total. The summed E-state index contributed by atoms with van der Waals surface area (Å²) in [6, 6.07) is 14.2. The van der Waals surface area contributed by atoms with Crippen LogP contribution in [0.15, 0.2) is 53.4 Å². The molecule has 1 fully saturated rings. The number of hydrogen-bond donors (Lipinski definition) is 3. The summed E-state index contributed by atoms with van der Waals surface area (Å²) in [6.45, 7) is 1.91. The summed E-state index contributed by atoms with van der Waals surface area (Å²) < 4.78 is 27.3. The van der Waals surface area contributed by atoms with Gasteiger partial charge in [0.25, 0.3) is 10.0 Å². The van der Waals surface area contributed by atoms with E-state index in [1.807, 2.05) is 6.92 Å². The molecule has 1 aliphatic carbocycles. The van der Waals surface area contributed by atoms with Crippen LogP contribution in [0.5, 0.6) is 0 Å². The molecule has 7 heteroatoms. The van der Waals surface area contributed by atoms with E-state index in [4.69, 9.17) is 12.2 Å². The molecule has 1 aliphatic rings. The van der Waals surface area contributed by atoms with E-state index in [-0.39, 0.29) is 4.90 Å². The van der Waals surface area contributed by atoms with Gasteiger partial charge < -0.3 is 10.6 Å². The molecule has 1 saturated carbocycles. The smallest absolute Gasteiger partial charge is 0.261 e. The highest BCUT2D eigenvalue weighted by Crippen LogP contribution is 2.20. The fourth-order valence-electron chi connectivity index (χ4n) is 2.13. The van der Waals surface area contributed by atoms with Crippen molar-refractivity contribution in [3.63, 3.8) is 0 Å². The van der Waals surface area contributed by atoms with Gasteiger partial charge in [-0.05, 0) is 68.4 Å². The summed E-state index contributed by atoms with van der Waals surface area (Å²) in [5.41, 5.74) is 2.33. The SMILES string of the molecule is Cc1ccc(S(=O)(=O)Nc2ccc(NC(=S)NC3CC3)cc2)cc1. The van der Waals surface area contributed by atoms with Crippen molar-refractivity contribution < 1.29 is 8.42 Å². The molecular formula is C17H19N3O2S2. The van der Waals surface area contributed by atoms with Crippen LogP contribution >= 0.6 is 12.2 Å². The Hall–Kier alpha value is -2.12. The molecule has 0 atom stereocenters. The molecule has 0 saturated heterocycles. The predicted octanol–water partition coefficient (Wildman–Crippen LogP) is 3.24. The third kappa shape index (κ3) is 4.46. The maximum atomic E-state index is 12.3. The van der Waals surface area contributed by atoms with Gasteiger partial charge in [-0.1, -0.05) is 17.7 Å². The third-order valence-electron chi connectivity index (χ3n) is 3.64. The average Bonchev–Trinajstić information content (AvgIpc) is 3.33. The van der Waals surface area contributed by atoms with E-state index in [2.05, 4.69) is 15.4 Å². The number of thiocarbonyl (C=S) groups is 1. The first kappa shape index (κ1) is 16.7. The van der Waals surface area contributed by atoms with Crippen LogP contribution in [0.3, 0.4) is 0 Å². The highest BCUT2D eigenvalue weighted by molar-refractivity contribution is 7.92. The zero-order chi connectivity index (χ0) is 17.2. The van der Waals surface area contributed by atoms with Gasteiger partial charge in [0.1, 0.15) is 0 Å². The Morgan fingerprint density at radius 2 is 1.58 bits per heavy atom. The van der Waals surface area contributed by atoms with Crippen LogP contribution in [0.2, 0.25) is 0 Å². The molecule has 2 aromatic rings. The molecule has 126 valence electrons. The summed E-state index contributed by atoms with van der Waals surface area (Å²) >= 11 is 5.21. The number of hydrogen-bond acceptors (Lipinski definition) is 3. The van der Waals surface area contributed by atoms with E-state index >= 15 is 0 Å². The van der Waals surface area contributed by atoms with Crippen LogP contribution in [0, 0.1) is 6.92 Å². The number of benzene rings is 2. The Bertz CT molecular complexity index is 827. The Balaban J connectivity index is 1.64. The molecule has 0 bridgehead atoms. The number of anilines is 2. The topological polar surface area (TPSA) is 70.2 Å². The van der Waals surface area contributed by atoms with Gasteiger partial charge in [-0.15, -0.1) is 0 Å². The standard InChI is InChI=1S/C17H19N3O2S2/c1-12-2-10-16(11-3-12)24(21,22)20-15-8-6-14(7-9-15)19-17(23)18-13-4-5-13/h2-3,6-11,13,20H,4-5H2,1H3,(H2,18,19,23). The second-order valence-electron chi connectivity index (χ2n) is 5.87. The Morgan fingerprint density at radius 3 is 2.17 bits per heavy atom. The lowest BCUT2D eigenvalue weighted by molar-refractivity contribution is 0.601. The van der Waals surface area contributed by atoms with Crippen molar-refractivity contribution in [1.82, 2.24) is 5.32 Å². The molecule has 0 unspecified atom stereocenters. The monoisotopic (exact) mass is 361 g/mol. The summed E-state index contributed by atoms with van der Waals surface area (Å²) in [5.74, 6) is 0. The molecule has 0 radical (unpaired) electrons. The fraction of sp³-hybridized carbons (Fsp3) is 0.235. The largest absolute Gasteiger partial charge is 0.360 e. The first-order valence-electron chi connectivity index (χ1n) is 7.69. The van der Waals surface area contributed by atoms with E-state index in [0.29, 0.717) is 16.8 Å². The number of aryl methyl sites for hydroxylation is 1. The van der Waals surface area contributed by atoms with E-state index < -0.39 is 10.0 Å². The average molecular weight is 361 g/mol. The van der Waals surface area contributed by atoms with Gasteiger partial charge >= 0.3 is 0 Å². The van der Waals surface area contributed by atoms with Crippen LogP contribution < -0.4 is 15.4 Å². The quantitative estimate of drug-likeness (QED) is 0.713. The van der Waals surface area contributed by atoms with Crippen LogP contribution in [-0.2, 0) is 10.0 Å². The molecule has 24 heavy (non-hydrogen) atoms. The Morgan fingerprint density at radius 1 is 1.00 bits per heavy atom. The normalized spacial score (nSPS) is 14.0. The molecule has 0 aliphatic heterocycles. The van der Waals surface area contributed by atoms with Crippen molar-refractivity contribution in [3.05, 3.63) is 54.1 Å². The number of nitrogens with one attached hydrogen (secondary N) is 3. The van der Waals surface area contributed by atoms with Crippen LogP contribution in [0.4, 0.5) is 11.4 Å². The summed E-state index contributed by atoms with van der Waals surface area (Å²) in [7, 11) is -3.58. The minimum atomic E-state index is -3.58. The highest BCUT2D eigenvalue weighted by Gasteiger charge is 2.21. The van der Waals surface area contributed by atoms with Crippen molar-refractivity contribution in [2.75, 3.05) is 10.0 Å². The van der Waals surface area contributed by atoms with E-state index in [0.717, 1.165) is 24.1 Å². The van der Waals surface area contributed by atoms with Gasteiger partial charge in [0.05, 0.1) is 4.90 Å². The fourth-order valence-corrected chi connectivity index (χ4v) is 3.48. The van der Waals surface area contributed by atoms with Crippen molar-refractivity contribution in [2.24, 2.45) is 0 Å². The zero-order valence-corrected chi connectivity index (χ0v) is 14.9. The van der Waals surface area contributed by atoms with E-state index in [9.17, 15) is 8.42 Å². The molecular weight excluding hydrogens is 342 g/mol. The van der Waals surface area contributed by atoms with Crippen LogP contribution in [0.25, 0.3) is 0 Å². The first-order chi connectivity index (χ1) is 11.4. The van der Waals surface area contributed by atoms with Gasteiger partial charge in [0.15, 0.2) is 5.11 Å². The number of sulfonamides is 1. The molecule has 2 aromatic carbocycles. The van der Waals surface area contributed by atoms with Crippen molar-refractivity contribution in [1.29, 1.82) is 0 Å². The molecule has 5 nitrogen and oxygen atoms in total. The van der Waals surface area contributed by atoms with Gasteiger partial charge in [-0.2, -0.15) is 0 Å². The molecule has 3 rings (SSSR count). The summed E-state index contributed by atoms with van der Waals surface area (Å²) in [5, 5.41) is 6.86. The van der Waals surface area contributed by atoms with Crippen molar-refractivity contribution in [3.8, 4) is 0 Å². The maximum Gasteiger partial charge on any atom is 0.261 e. The van der Waals surface area contributed by atoms with Gasteiger partial charge in [-0.3, -0.25) is 4.72 Å². The number of rotatable bonds is 5. The second kappa shape index (κ2) is 6.78. The second-order valence-corrected chi connectivity index (χ2v) is 7.96. The molecule has 0 spiro atoms. The Labute approximate surface area is 147 Å². The van der Waals surface area contributed by atoms with Crippen LogP contribution in [-0.4, -0.2) is 19.6 Å². The minimum absolute atomic E-state index is 0.241. The third-order valence-corrected chi connectivity index (χ3v) is 5.26. The lowest BCUT2D eigenvalue weighted by Gasteiger charge is -2.11. The molecule has 0 heterocycles.